The average molecular weight is 250 g/mol. The predicted molar refractivity (Wildman–Crippen MR) is 67.1 cm³/mol. The van der Waals surface area contributed by atoms with Crippen LogP contribution in [0.1, 0.15) is 12.0 Å². The molecule has 0 bridgehead atoms. The molecule has 0 saturated heterocycles. The Morgan fingerprint density at radius 2 is 2.24 bits per heavy atom. The fourth-order valence-corrected chi connectivity index (χ4v) is 2.43. The summed E-state index contributed by atoms with van der Waals surface area (Å²) in [5.41, 5.74) is 1.13. The molecule has 4 heteroatoms. The van der Waals surface area contributed by atoms with Crippen molar-refractivity contribution in [3.05, 3.63) is 28.9 Å². The molecule has 1 aromatic carbocycles. The number of aryl methyl sites for hydroxylation is 1. The van der Waals surface area contributed by atoms with E-state index in [0.29, 0.717) is 17.6 Å². The fourth-order valence-electron chi connectivity index (χ4n) is 2.19. The zero-order chi connectivity index (χ0) is 11.8. The third-order valence-electron chi connectivity index (χ3n) is 3.04. The van der Waals surface area contributed by atoms with Crippen LogP contribution in [0.25, 0.3) is 10.8 Å². The summed E-state index contributed by atoms with van der Waals surface area (Å²) in [6.45, 7) is 0.714. The highest BCUT2D eigenvalue weighted by molar-refractivity contribution is 6.34. The number of benzene rings is 1. The van der Waals surface area contributed by atoms with Crippen molar-refractivity contribution in [1.82, 2.24) is 4.98 Å². The Morgan fingerprint density at radius 3 is 3.06 bits per heavy atom. The first-order chi connectivity index (χ1) is 8.29. The Labute approximate surface area is 104 Å². The summed E-state index contributed by atoms with van der Waals surface area (Å²) in [5, 5.41) is 2.53. The van der Waals surface area contributed by atoms with E-state index in [-0.39, 0.29) is 0 Å². The highest BCUT2D eigenvalue weighted by Gasteiger charge is 2.17. The minimum Gasteiger partial charge on any atom is -0.497 e. The molecular weight excluding hydrogens is 238 g/mol. The zero-order valence-electron chi connectivity index (χ0n) is 9.50. The Hall–Kier alpha value is -1.48. The van der Waals surface area contributed by atoms with E-state index in [1.165, 1.54) is 0 Å². The van der Waals surface area contributed by atoms with Crippen molar-refractivity contribution >= 4 is 22.4 Å². The molecule has 1 aliphatic heterocycles. The van der Waals surface area contributed by atoms with Crippen molar-refractivity contribution in [2.24, 2.45) is 0 Å². The van der Waals surface area contributed by atoms with E-state index in [4.69, 9.17) is 21.1 Å². The van der Waals surface area contributed by atoms with Crippen LogP contribution in [-0.4, -0.2) is 18.7 Å². The second-order valence-electron chi connectivity index (χ2n) is 4.05. The molecule has 0 unspecified atom stereocenters. The number of rotatable bonds is 1. The number of aromatic nitrogens is 1. The molecule has 3 nitrogen and oxygen atoms in total. The molecule has 1 aromatic heterocycles. The lowest BCUT2D eigenvalue weighted by atomic mass is 10.0. The normalized spacial score (nSPS) is 14.2. The van der Waals surface area contributed by atoms with Gasteiger partial charge < -0.3 is 9.47 Å². The van der Waals surface area contributed by atoms with Gasteiger partial charge in [-0.3, -0.25) is 0 Å². The molecule has 0 fully saturated rings. The molecule has 0 N–H and O–H groups in total. The highest BCUT2D eigenvalue weighted by atomic mass is 35.5. The van der Waals surface area contributed by atoms with E-state index < -0.39 is 0 Å². The third-order valence-corrected chi connectivity index (χ3v) is 3.33. The topological polar surface area (TPSA) is 31.4 Å². The first-order valence-electron chi connectivity index (χ1n) is 5.58. The van der Waals surface area contributed by atoms with E-state index in [1.54, 1.807) is 7.11 Å². The van der Waals surface area contributed by atoms with Gasteiger partial charge in [0.1, 0.15) is 10.9 Å². The Kier molecular flexibility index (Phi) is 2.56. The van der Waals surface area contributed by atoms with Gasteiger partial charge in [0.25, 0.3) is 0 Å². The molecule has 1 aliphatic rings. The van der Waals surface area contributed by atoms with Gasteiger partial charge in [0, 0.05) is 10.9 Å². The van der Waals surface area contributed by atoms with E-state index in [9.17, 15) is 0 Å². The molecule has 0 saturated carbocycles. The lowest BCUT2D eigenvalue weighted by molar-refractivity contribution is 0.277. The third kappa shape index (κ3) is 1.71. The van der Waals surface area contributed by atoms with E-state index >= 15 is 0 Å². The van der Waals surface area contributed by atoms with Crippen LogP contribution < -0.4 is 9.47 Å². The van der Waals surface area contributed by atoms with Crippen LogP contribution in [0.5, 0.6) is 11.6 Å². The van der Waals surface area contributed by atoms with Crippen LogP contribution in [0.2, 0.25) is 5.15 Å². The van der Waals surface area contributed by atoms with Crippen molar-refractivity contribution < 1.29 is 9.47 Å². The number of nitrogens with zero attached hydrogens (tertiary/aromatic N) is 1. The standard InChI is InChI=1S/C13H12ClNO2/c1-16-8-4-5-9-11(7-8)10-3-2-6-17-13(10)15-12(9)14/h4-5,7H,2-3,6H2,1H3. The highest BCUT2D eigenvalue weighted by Crippen LogP contribution is 2.35. The minimum atomic E-state index is 0.489. The molecule has 0 radical (unpaired) electrons. The van der Waals surface area contributed by atoms with Gasteiger partial charge in [0.05, 0.1) is 13.7 Å². The Bertz CT molecular complexity index is 583. The second-order valence-corrected chi connectivity index (χ2v) is 4.41. The van der Waals surface area contributed by atoms with Gasteiger partial charge in [-0.25, -0.2) is 4.98 Å². The van der Waals surface area contributed by atoms with Gasteiger partial charge in [-0.2, -0.15) is 0 Å². The molecule has 2 aromatic rings. The van der Waals surface area contributed by atoms with Crippen LogP contribution in [-0.2, 0) is 6.42 Å². The number of ether oxygens (including phenoxy) is 2. The molecule has 0 amide bonds. The summed E-state index contributed by atoms with van der Waals surface area (Å²) >= 11 is 6.16. The fraction of sp³-hybridized carbons (Fsp3) is 0.308. The summed E-state index contributed by atoms with van der Waals surface area (Å²) in [6.07, 6.45) is 1.99. The second kappa shape index (κ2) is 4.08. The summed E-state index contributed by atoms with van der Waals surface area (Å²) < 4.78 is 10.8. The molecule has 2 heterocycles. The van der Waals surface area contributed by atoms with Gasteiger partial charge in [0.2, 0.25) is 5.88 Å². The van der Waals surface area contributed by atoms with Crippen molar-refractivity contribution in [3.63, 3.8) is 0 Å². The zero-order valence-corrected chi connectivity index (χ0v) is 10.3. The number of hydrogen-bond donors (Lipinski definition) is 0. The van der Waals surface area contributed by atoms with Gasteiger partial charge in [-0.05, 0) is 36.4 Å². The van der Waals surface area contributed by atoms with Gasteiger partial charge >= 0.3 is 0 Å². The summed E-state index contributed by atoms with van der Waals surface area (Å²) in [5.74, 6) is 1.49. The van der Waals surface area contributed by atoms with Crippen molar-refractivity contribution in [3.8, 4) is 11.6 Å². The number of methoxy groups -OCH3 is 1. The van der Waals surface area contributed by atoms with Crippen molar-refractivity contribution in [2.75, 3.05) is 13.7 Å². The van der Waals surface area contributed by atoms with Crippen molar-refractivity contribution in [1.29, 1.82) is 0 Å². The molecular formula is C13H12ClNO2. The van der Waals surface area contributed by atoms with Crippen LogP contribution in [0.3, 0.4) is 0 Å². The molecule has 0 atom stereocenters. The summed E-state index contributed by atoms with van der Waals surface area (Å²) in [7, 11) is 1.66. The SMILES string of the molecule is COc1ccc2c(Cl)nc3c(c2c1)CCCO3. The molecule has 0 spiro atoms. The number of pyridine rings is 1. The predicted octanol–water partition coefficient (Wildman–Crippen LogP) is 3.22. The lowest BCUT2D eigenvalue weighted by Gasteiger charge is -2.18. The summed E-state index contributed by atoms with van der Waals surface area (Å²) in [6, 6.07) is 5.83. The molecule has 88 valence electrons. The smallest absolute Gasteiger partial charge is 0.218 e. The maximum absolute atomic E-state index is 6.16. The molecule has 17 heavy (non-hydrogen) atoms. The van der Waals surface area contributed by atoms with E-state index in [0.717, 1.165) is 34.9 Å². The maximum atomic E-state index is 6.16. The molecule has 3 rings (SSSR count). The quantitative estimate of drug-likeness (QED) is 0.727. The Morgan fingerprint density at radius 1 is 1.35 bits per heavy atom. The first-order valence-corrected chi connectivity index (χ1v) is 5.96. The van der Waals surface area contributed by atoms with Crippen molar-refractivity contribution in [2.45, 2.75) is 12.8 Å². The molecule has 0 aliphatic carbocycles. The van der Waals surface area contributed by atoms with Crippen LogP contribution in [0, 0.1) is 0 Å². The van der Waals surface area contributed by atoms with E-state index in [1.807, 2.05) is 18.2 Å². The summed E-state index contributed by atoms with van der Waals surface area (Å²) in [4.78, 5) is 4.30. The first kappa shape index (κ1) is 10.7. The van der Waals surface area contributed by atoms with Gasteiger partial charge in [0.15, 0.2) is 0 Å². The number of hydrogen-bond acceptors (Lipinski definition) is 3. The largest absolute Gasteiger partial charge is 0.497 e. The average Bonchev–Trinajstić information content (AvgIpc) is 2.38. The van der Waals surface area contributed by atoms with Crippen LogP contribution in [0.4, 0.5) is 0 Å². The van der Waals surface area contributed by atoms with E-state index in [2.05, 4.69) is 4.98 Å². The number of fused-ring (bicyclic) bond motifs is 3. The lowest BCUT2D eigenvalue weighted by Crippen LogP contribution is -2.10. The van der Waals surface area contributed by atoms with Gasteiger partial charge in [-0.1, -0.05) is 11.6 Å². The van der Waals surface area contributed by atoms with Crippen LogP contribution in [0.15, 0.2) is 18.2 Å². The minimum absolute atomic E-state index is 0.489. The Balaban J connectivity index is 2.33. The monoisotopic (exact) mass is 249 g/mol. The number of halogens is 1. The maximum Gasteiger partial charge on any atom is 0.218 e. The van der Waals surface area contributed by atoms with Crippen LogP contribution >= 0.6 is 11.6 Å². The van der Waals surface area contributed by atoms with Gasteiger partial charge in [-0.15, -0.1) is 0 Å².